The van der Waals surface area contributed by atoms with Crippen molar-refractivity contribution < 1.29 is 4.92 Å². The summed E-state index contributed by atoms with van der Waals surface area (Å²) < 4.78 is 1.35. The summed E-state index contributed by atoms with van der Waals surface area (Å²) in [6.07, 6.45) is 2.53. The Hall–Kier alpha value is -3.33. The highest BCUT2D eigenvalue weighted by atomic mass is 16.6. The van der Waals surface area contributed by atoms with Gasteiger partial charge in [0.15, 0.2) is 0 Å². The number of hydrogen-bond acceptors (Lipinski definition) is 7. The molecule has 0 amide bonds. The molecule has 9 nitrogen and oxygen atoms in total. The van der Waals surface area contributed by atoms with Crippen molar-refractivity contribution in [1.29, 1.82) is 0 Å². The van der Waals surface area contributed by atoms with Crippen molar-refractivity contribution in [2.75, 3.05) is 31.1 Å². The highest BCUT2D eigenvalue weighted by Crippen LogP contribution is 2.19. The van der Waals surface area contributed by atoms with Gasteiger partial charge in [0.05, 0.1) is 4.92 Å². The zero-order chi connectivity index (χ0) is 19.5. The topological polar surface area (TPSA) is 93.2 Å². The van der Waals surface area contributed by atoms with Crippen LogP contribution in [0.1, 0.15) is 11.3 Å². The Morgan fingerprint density at radius 1 is 1.11 bits per heavy atom. The van der Waals surface area contributed by atoms with E-state index in [9.17, 15) is 10.1 Å². The lowest BCUT2D eigenvalue weighted by molar-refractivity contribution is -0.384. The molecule has 0 unspecified atom stereocenters. The maximum Gasteiger partial charge on any atom is 0.307 e. The van der Waals surface area contributed by atoms with E-state index >= 15 is 0 Å². The zero-order valence-corrected chi connectivity index (χ0v) is 15.6. The van der Waals surface area contributed by atoms with Gasteiger partial charge in [-0.25, -0.2) is 4.98 Å². The second-order valence-corrected chi connectivity index (χ2v) is 6.82. The Labute approximate surface area is 162 Å². The van der Waals surface area contributed by atoms with Gasteiger partial charge >= 0.3 is 5.69 Å². The molecule has 0 spiro atoms. The van der Waals surface area contributed by atoms with Gasteiger partial charge in [-0.05, 0) is 12.5 Å². The molecule has 3 aromatic rings. The third-order valence-corrected chi connectivity index (χ3v) is 4.76. The molecule has 3 heterocycles. The van der Waals surface area contributed by atoms with E-state index in [0.29, 0.717) is 5.95 Å². The molecule has 9 heteroatoms. The van der Waals surface area contributed by atoms with Gasteiger partial charge in [0, 0.05) is 44.5 Å². The summed E-state index contributed by atoms with van der Waals surface area (Å²) in [5, 5.41) is 14.9. The molecular weight excluding hydrogens is 358 g/mol. The molecule has 1 aromatic carbocycles. The van der Waals surface area contributed by atoms with Gasteiger partial charge in [0.2, 0.25) is 0 Å². The highest BCUT2D eigenvalue weighted by Gasteiger charge is 2.20. The molecule has 1 aliphatic heterocycles. The van der Waals surface area contributed by atoms with E-state index in [2.05, 4.69) is 49.1 Å². The number of anilines is 1. The van der Waals surface area contributed by atoms with Crippen molar-refractivity contribution >= 4 is 11.5 Å². The van der Waals surface area contributed by atoms with E-state index in [0.717, 1.165) is 44.2 Å². The summed E-state index contributed by atoms with van der Waals surface area (Å²) in [5.41, 5.74) is 2.03. The number of benzene rings is 1. The second-order valence-electron chi connectivity index (χ2n) is 6.82. The Morgan fingerprint density at radius 3 is 2.54 bits per heavy atom. The fourth-order valence-corrected chi connectivity index (χ4v) is 3.29. The number of nitrogens with zero attached hydrogens (tertiary/aromatic N) is 7. The fraction of sp³-hybridized carbons (Fsp3) is 0.316. The van der Waals surface area contributed by atoms with E-state index in [1.54, 1.807) is 0 Å². The SMILES string of the molecule is Cc1cc(N2CCN(Cc3ccccc3)CC2)nc(-n2cc([N+](=O)[O-])cn2)n1. The molecule has 0 bridgehead atoms. The number of hydrogen-bond donors (Lipinski definition) is 0. The van der Waals surface area contributed by atoms with Crippen LogP contribution in [-0.4, -0.2) is 55.8 Å². The lowest BCUT2D eigenvalue weighted by Gasteiger charge is -2.35. The Morgan fingerprint density at radius 2 is 1.86 bits per heavy atom. The average molecular weight is 379 g/mol. The van der Waals surface area contributed by atoms with E-state index in [1.165, 1.54) is 22.6 Å². The summed E-state index contributed by atoms with van der Waals surface area (Å²) >= 11 is 0. The van der Waals surface area contributed by atoms with Crippen LogP contribution in [0.2, 0.25) is 0 Å². The summed E-state index contributed by atoms with van der Waals surface area (Å²) in [5.74, 6) is 1.16. The molecule has 0 saturated carbocycles. The molecule has 28 heavy (non-hydrogen) atoms. The average Bonchev–Trinajstić information content (AvgIpc) is 3.20. The third-order valence-electron chi connectivity index (χ3n) is 4.76. The number of nitro groups is 1. The van der Waals surface area contributed by atoms with Crippen LogP contribution >= 0.6 is 0 Å². The maximum atomic E-state index is 10.9. The number of aryl methyl sites for hydroxylation is 1. The smallest absolute Gasteiger partial charge is 0.307 e. The van der Waals surface area contributed by atoms with E-state index < -0.39 is 4.92 Å². The van der Waals surface area contributed by atoms with Crippen LogP contribution in [-0.2, 0) is 6.54 Å². The van der Waals surface area contributed by atoms with Gasteiger partial charge in [-0.3, -0.25) is 15.0 Å². The van der Waals surface area contributed by atoms with Gasteiger partial charge in [0.25, 0.3) is 5.95 Å². The Kier molecular flexibility index (Phi) is 4.98. The molecule has 1 saturated heterocycles. The minimum Gasteiger partial charge on any atom is -0.354 e. The summed E-state index contributed by atoms with van der Waals surface area (Å²) in [6, 6.07) is 12.4. The van der Waals surface area contributed by atoms with Crippen LogP contribution in [0.4, 0.5) is 11.5 Å². The van der Waals surface area contributed by atoms with Crippen molar-refractivity contribution in [3.05, 3.63) is 70.2 Å². The highest BCUT2D eigenvalue weighted by molar-refractivity contribution is 5.43. The molecule has 0 N–H and O–H groups in total. The molecule has 2 aromatic heterocycles. The van der Waals surface area contributed by atoms with Gasteiger partial charge in [0.1, 0.15) is 18.2 Å². The van der Waals surface area contributed by atoms with E-state index in [4.69, 9.17) is 0 Å². The van der Waals surface area contributed by atoms with Crippen LogP contribution in [0.5, 0.6) is 0 Å². The predicted molar refractivity (Wildman–Crippen MR) is 104 cm³/mol. The summed E-state index contributed by atoms with van der Waals surface area (Å²) in [7, 11) is 0. The Bertz CT molecular complexity index is 965. The standard InChI is InChI=1S/C19H21N7O2/c1-15-11-18(22-19(21-15)25-14-17(12-20-25)26(27)28)24-9-7-23(8-10-24)13-16-5-3-2-4-6-16/h2-6,11-12,14H,7-10,13H2,1H3. The first-order chi connectivity index (χ1) is 13.6. The van der Waals surface area contributed by atoms with E-state index in [1.807, 2.05) is 19.1 Å². The maximum absolute atomic E-state index is 10.9. The van der Waals surface area contributed by atoms with E-state index in [-0.39, 0.29) is 5.69 Å². The van der Waals surface area contributed by atoms with Crippen LogP contribution in [0.25, 0.3) is 5.95 Å². The molecule has 144 valence electrons. The van der Waals surface area contributed by atoms with Gasteiger partial charge in [-0.2, -0.15) is 14.8 Å². The molecule has 0 atom stereocenters. The molecule has 0 radical (unpaired) electrons. The quantitative estimate of drug-likeness (QED) is 0.495. The fourth-order valence-electron chi connectivity index (χ4n) is 3.29. The molecule has 0 aliphatic carbocycles. The Balaban J connectivity index is 1.46. The number of rotatable bonds is 5. The van der Waals surface area contributed by atoms with Gasteiger partial charge in [-0.1, -0.05) is 30.3 Å². The molecule has 4 rings (SSSR count). The number of aromatic nitrogens is 4. The van der Waals surface area contributed by atoms with Crippen LogP contribution < -0.4 is 4.90 Å². The van der Waals surface area contributed by atoms with Crippen molar-refractivity contribution in [2.24, 2.45) is 0 Å². The largest absolute Gasteiger partial charge is 0.354 e. The van der Waals surface area contributed by atoms with Crippen LogP contribution in [0.3, 0.4) is 0 Å². The first-order valence-corrected chi connectivity index (χ1v) is 9.15. The van der Waals surface area contributed by atoms with Crippen LogP contribution in [0, 0.1) is 17.0 Å². The lowest BCUT2D eigenvalue weighted by atomic mass is 10.2. The first kappa shape index (κ1) is 18.1. The van der Waals surface area contributed by atoms with Gasteiger partial charge < -0.3 is 4.90 Å². The summed E-state index contributed by atoms with van der Waals surface area (Å²) in [6.45, 7) is 6.45. The summed E-state index contributed by atoms with van der Waals surface area (Å²) in [4.78, 5) is 24.0. The van der Waals surface area contributed by atoms with Crippen LogP contribution in [0.15, 0.2) is 48.8 Å². The minimum atomic E-state index is -0.480. The normalized spacial score (nSPS) is 15.0. The third kappa shape index (κ3) is 3.99. The molecule has 1 aliphatic rings. The number of piperazine rings is 1. The van der Waals surface area contributed by atoms with Crippen molar-refractivity contribution in [3.8, 4) is 5.95 Å². The van der Waals surface area contributed by atoms with Crippen molar-refractivity contribution in [2.45, 2.75) is 13.5 Å². The first-order valence-electron chi connectivity index (χ1n) is 9.15. The lowest BCUT2D eigenvalue weighted by Crippen LogP contribution is -2.46. The molecular formula is C19H21N7O2. The second kappa shape index (κ2) is 7.73. The van der Waals surface area contributed by atoms with Gasteiger partial charge in [-0.15, -0.1) is 0 Å². The predicted octanol–water partition coefficient (Wildman–Crippen LogP) is 2.20. The zero-order valence-electron chi connectivity index (χ0n) is 15.6. The monoisotopic (exact) mass is 379 g/mol. The molecule has 1 fully saturated rings. The van der Waals surface area contributed by atoms with Crippen molar-refractivity contribution in [1.82, 2.24) is 24.6 Å². The van der Waals surface area contributed by atoms with Crippen molar-refractivity contribution in [3.63, 3.8) is 0 Å². The minimum absolute atomic E-state index is 0.0822.